The molecule has 0 aliphatic carbocycles. The largest absolute Gasteiger partial charge is 0.496 e. The molecular weight excluding hydrogens is 323 g/mol. The quantitative estimate of drug-likeness (QED) is 0.722. The summed E-state index contributed by atoms with van der Waals surface area (Å²) >= 11 is 0. The maximum Gasteiger partial charge on any atom is 0.173 e. The second-order valence-corrected chi connectivity index (χ2v) is 4.01. The molecule has 0 saturated heterocycles. The fraction of sp³-hybridized carbons (Fsp3) is 0.125. The zero-order chi connectivity index (χ0) is 13.5. The monoisotopic (exact) mass is 340 g/mol. The molecule has 0 unspecified atom stereocenters. The number of hydrogen-bond acceptors (Lipinski definition) is 2. The third-order valence-electron chi connectivity index (χ3n) is 2.67. The van der Waals surface area contributed by atoms with Crippen LogP contribution < -0.4 is 4.90 Å². The van der Waals surface area contributed by atoms with Crippen LogP contribution in [0.5, 0.6) is 0 Å². The van der Waals surface area contributed by atoms with Gasteiger partial charge in [-0.05, 0) is 25.6 Å². The summed E-state index contributed by atoms with van der Waals surface area (Å²) in [4.78, 5) is 9.42. The van der Waals surface area contributed by atoms with Gasteiger partial charge in [0.25, 0.3) is 0 Å². The molecule has 1 aromatic heterocycles. The number of nitrogens with zero attached hydrogens (tertiary/aromatic N) is 2. The minimum atomic E-state index is 0. The van der Waals surface area contributed by atoms with E-state index in [0.717, 1.165) is 23.5 Å². The van der Waals surface area contributed by atoms with Crippen LogP contribution in [0.15, 0.2) is 54.6 Å². The van der Waals surface area contributed by atoms with Crippen LogP contribution in [-0.4, -0.2) is 16.5 Å². The van der Waals surface area contributed by atoms with E-state index in [4.69, 9.17) is 0 Å². The van der Waals surface area contributed by atoms with Crippen LogP contribution in [0.2, 0.25) is 0 Å². The molecule has 3 rings (SSSR count). The molecule has 0 spiro atoms. The first kappa shape index (κ1) is 16.9. The third kappa shape index (κ3) is 4.73. The number of aromatic nitrogens is 2. The number of hydrogen-bond donors (Lipinski definition) is 1. The molecule has 0 bridgehead atoms. The summed E-state index contributed by atoms with van der Waals surface area (Å²) in [6.45, 7) is 2.89. The molecule has 3 nitrogen and oxygen atoms in total. The van der Waals surface area contributed by atoms with Crippen molar-refractivity contribution in [3.8, 4) is 0 Å². The van der Waals surface area contributed by atoms with Gasteiger partial charge in [-0.25, -0.2) is 4.98 Å². The predicted octanol–water partition coefficient (Wildman–Crippen LogP) is 3.67. The Labute approximate surface area is 145 Å². The SMILES string of the molecule is [CH2-]N(CC)c1nc2ccccc2[nH]1.[Y].[c-]1ccccc1. The Kier molecular flexibility index (Phi) is 7.49. The zero-order valence-electron chi connectivity index (χ0n) is 11.6. The van der Waals surface area contributed by atoms with E-state index in [1.54, 1.807) is 0 Å². The number of rotatable bonds is 2. The number of H-pyrrole nitrogens is 1. The zero-order valence-corrected chi connectivity index (χ0v) is 14.4. The predicted molar refractivity (Wildman–Crippen MR) is 79.7 cm³/mol. The smallest absolute Gasteiger partial charge is 0.173 e. The second-order valence-electron chi connectivity index (χ2n) is 4.01. The summed E-state index contributed by atoms with van der Waals surface area (Å²) in [5, 5.41) is 0. The standard InChI is InChI=1S/C10H12N3.C6H5.Y/c1-3-13(2)10-11-8-6-4-5-7-9(8)12-10;1-2-4-6-5-3-1;/h4-7H,2-3H2,1H3,(H,11,12);1-5H;/q2*-1;. The molecule has 0 atom stereocenters. The Balaban J connectivity index is 0.000000243. The van der Waals surface area contributed by atoms with Crippen molar-refractivity contribution in [2.45, 2.75) is 6.92 Å². The maximum absolute atomic E-state index is 4.39. The molecular formula is C16H17N3Y-2. The first-order chi connectivity index (χ1) is 9.31. The summed E-state index contributed by atoms with van der Waals surface area (Å²) in [7, 11) is 3.86. The van der Waals surface area contributed by atoms with E-state index in [2.05, 4.69) is 23.1 Å². The van der Waals surface area contributed by atoms with Gasteiger partial charge in [-0.3, -0.25) is 7.05 Å². The average Bonchev–Trinajstić information content (AvgIpc) is 2.93. The Morgan fingerprint density at radius 2 is 1.85 bits per heavy atom. The molecule has 4 heteroatoms. The Morgan fingerprint density at radius 1 is 1.15 bits per heavy atom. The van der Waals surface area contributed by atoms with Gasteiger partial charge in [0.15, 0.2) is 5.95 Å². The first-order valence-corrected chi connectivity index (χ1v) is 6.25. The molecule has 1 heterocycles. The second kappa shape index (κ2) is 8.88. The fourth-order valence-electron chi connectivity index (χ4n) is 1.58. The van der Waals surface area contributed by atoms with E-state index in [1.165, 1.54) is 0 Å². The molecule has 1 N–H and O–H groups in total. The van der Waals surface area contributed by atoms with E-state index >= 15 is 0 Å². The summed E-state index contributed by atoms with van der Waals surface area (Å²) in [5.74, 6) is 0.823. The Bertz CT molecular complexity index is 547. The molecule has 1 radical (unpaired) electrons. The third-order valence-corrected chi connectivity index (χ3v) is 2.67. The molecule has 0 aliphatic heterocycles. The van der Waals surface area contributed by atoms with Crippen molar-refractivity contribution in [2.75, 3.05) is 11.4 Å². The van der Waals surface area contributed by atoms with E-state index in [-0.39, 0.29) is 32.7 Å². The molecule has 20 heavy (non-hydrogen) atoms. The molecule has 0 saturated carbocycles. The topological polar surface area (TPSA) is 31.9 Å². The van der Waals surface area contributed by atoms with Gasteiger partial charge in [-0.1, -0.05) is 12.1 Å². The van der Waals surface area contributed by atoms with Crippen LogP contribution in [0.3, 0.4) is 0 Å². The van der Waals surface area contributed by atoms with E-state index in [9.17, 15) is 0 Å². The number of imidazole rings is 1. The minimum Gasteiger partial charge on any atom is -0.496 e. The van der Waals surface area contributed by atoms with E-state index in [0.29, 0.717) is 0 Å². The van der Waals surface area contributed by atoms with Crippen molar-refractivity contribution in [1.82, 2.24) is 9.97 Å². The molecule has 0 aliphatic rings. The van der Waals surface area contributed by atoms with Crippen molar-refractivity contribution < 1.29 is 32.7 Å². The van der Waals surface area contributed by atoms with Gasteiger partial charge in [0.1, 0.15) is 0 Å². The van der Waals surface area contributed by atoms with Crippen LogP contribution in [0.1, 0.15) is 6.92 Å². The van der Waals surface area contributed by atoms with Crippen LogP contribution in [0, 0.1) is 13.1 Å². The van der Waals surface area contributed by atoms with Gasteiger partial charge < -0.3 is 9.88 Å². The van der Waals surface area contributed by atoms with Crippen molar-refractivity contribution in [1.29, 1.82) is 0 Å². The van der Waals surface area contributed by atoms with E-state index in [1.807, 2.05) is 66.4 Å². The summed E-state index contributed by atoms with van der Waals surface area (Å²) < 4.78 is 0. The fourth-order valence-corrected chi connectivity index (χ4v) is 1.58. The number of benzene rings is 2. The molecule has 2 aromatic carbocycles. The number of aromatic amines is 1. The van der Waals surface area contributed by atoms with Gasteiger partial charge in [-0.15, -0.1) is 0 Å². The van der Waals surface area contributed by atoms with Gasteiger partial charge >= 0.3 is 0 Å². The van der Waals surface area contributed by atoms with Crippen molar-refractivity contribution >= 4 is 17.0 Å². The van der Waals surface area contributed by atoms with Crippen LogP contribution in [0.4, 0.5) is 5.95 Å². The number of para-hydroxylation sites is 2. The van der Waals surface area contributed by atoms with E-state index < -0.39 is 0 Å². The molecule has 0 fully saturated rings. The minimum absolute atomic E-state index is 0. The van der Waals surface area contributed by atoms with Crippen LogP contribution in [-0.2, 0) is 32.7 Å². The molecule has 101 valence electrons. The van der Waals surface area contributed by atoms with Crippen LogP contribution >= 0.6 is 0 Å². The normalized spacial score (nSPS) is 9.30. The molecule has 3 aromatic rings. The first-order valence-electron chi connectivity index (χ1n) is 6.25. The van der Waals surface area contributed by atoms with Gasteiger partial charge in [0.05, 0.1) is 11.0 Å². The van der Waals surface area contributed by atoms with Gasteiger partial charge in [0.2, 0.25) is 0 Å². The van der Waals surface area contributed by atoms with Gasteiger partial charge in [0, 0.05) is 32.7 Å². The number of nitrogens with one attached hydrogen (secondary N) is 1. The summed E-state index contributed by atoms with van der Waals surface area (Å²) in [5.41, 5.74) is 2.04. The van der Waals surface area contributed by atoms with Crippen molar-refractivity contribution in [3.05, 3.63) is 67.7 Å². The van der Waals surface area contributed by atoms with Crippen molar-refractivity contribution in [2.24, 2.45) is 0 Å². The van der Waals surface area contributed by atoms with Crippen molar-refractivity contribution in [3.63, 3.8) is 0 Å². The number of anilines is 1. The Hall–Kier alpha value is -1.19. The average molecular weight is 340 g/mol. The summed E-state index contributed by atoms with van der Waals surface area (Å²) in [6, 6.07) is 20.5. The molecule has 0 amide bonds. The number of fused-ring (bicyclic) bond motifs is 1. The summed E-state index contributed by atoms with van der Waals surface area (Å²) in [6.07, 6.45) is 0. The van der Waals surface area contributed by atoms with Gasteiger partial charge in [-0.2, -0.15) is 36.4 Å². The maximum atomic E-state index is 4.39. The Morgan fingerprint density at radius 3 is 2.35 bits per heavy atom. The van der Waals surface area contributed by atoms with Crippen LogP contribution in [0.25, 0.3) is 11.0 Å².